The first kappa shape index (κ1) is 14.1. The van der Waals surface area contributed by atoms with Gasteiger partial charge >= 0.3 is 0 Å². The summed E-state index contributed by atoms with van der Waals surface area (Å²) in [7, 11) is -0.811. The molecule has 18 heavy (non-hydrogen) atoms. The maximum atomic E-state index is 12.2. The molecule has 0 radical (unpaired) electrons. The molecule has 0 bridgehead atoms. The summed E-state index contributed by atoms with van der Waals surface area (Å²) in [5.74, 6) is 1.74. The van der Waals surface area contributed by atoms with Gasteiger partial charge in [-0.2, -0.15) is 0 Å². The molecule has 100 valence electrons. The van der Waals surface area contributed by atoms with E-state index in [0.717, 1.165) is 29.9 Å². The van der Waals surface area contributed by atoms with Crippen molar-refractivity contribution in [2.45, 2.75) is 36.4 Å². The Hall–Kier alpha value is -0.320. The lowest BCUT2D eigenvalue weighted by atomic mass is 10.0. The van der Waals surface area contributed by atoms with Crippen molar-refractivity contribution in [2.75, 3.05) is 11.5 Å². The third-order valence-corrected chi connectivity index (χ3v) is 7.36. The summed E-state index contributed by atoms with van der Waals surface area (Å²) < 4.78 is 12.0. The van der Waals surface area contributed by atoms with E-state index < -0.39 is 16.9 Å². The Labute approximate surface area is 116 Å². The third kappa shape index (κ3) is 2.98. The van der Waals surface area contributed by atoms with Gasteiger partial charge in [0, 0.05) is 23.0 Å². The van der Waals surface area contributed by atoms with Gasteiger partial charge in [-0.15, -0.1) is 11.8 Å². The van der Waals surface area contributed by atoms with E-state index in [2.05, 4.69) is 6.92 Å². The van der Waals surface area contributed by atoms with Crippen LogP contribution in [0.1, 0.15) is 37.9 Å². The minimum atomic E-state index is -0.811. The zero-order valence-corrected chi connectivity index (χ0v) is 12.3. The molecule has 1 aromatic rings. The molecule has 0 spiro atoms. The van der Waals surface area contributed by atoms with Gasteiger partial charge in [0.05, 0.1) is 10.2 Å². The van der Waals surface area contributed by atoms with Crippen LogP contribution in [0.2, 0.25) is 0 Å². The van der Waals surface area contributed by atoms with Crippen LogP contribution in [0, 0.1) is 0 Å². The molecule has 1 aliphatic rings. The van der Waals surface area contributed by atoms with Gasteiger partial charge < -0.3 is 5.11 Å². The Morgan fingerprint density at radius 3 is 2.72 bits per heavy atom. The fourth-order valence-electron chi connectivity index (χ4n) is 2.51. The van der Waals surface area contributed by atoms with Crippen molar-refractivity contribution < 1.29 is 9.32 Å². The van der Waals surface area contributed by atoms with Crippen LogP contribution >= 0.6 is 11.8 Å². The molecule has 0 aromatic heterocycles. The molecule has 2 nitrogen and oxygen atoms in total. The van der Waals surface area contributed by atoms with Crippen LogP contribution in [0.25, 0.3) is 0 Å². The molecule has 0 amide bonds. The number of hydrogen-bond acceptors (Lipinski definition) is 3. The second-order valence-corrected chi connectivity index (χ2v) is 8.41. The summed E-state index contributed by atoms with van der Waals surface area (Å²) in [4.78, 5) is 0. The molecule has 0 unspecified atom stereocenters. The van der Waals surface area contributed by atoms with Gasteiger partial charge in [-0.25, -0.2) is 0 Å². The molecule has 0 saturated carbocycles. The van der Waals surface area contributed by atoms with Gasteiger partial charge in [-0.05, 0) is 24.2 Å². The van der Waals surface area contributed by atoms with Gasteiger partial charge in [0.15, 0.2) is 0 Å². The number of rotatable bonds is 5. The van der Waals surface area contributed by atoms with Crippen LogP contribution in [0.5, 0.6) is 0 Å². The number of thioether (sulfide) groups is 1. The van der Waals surface area contributed by atoms with Gasteiger partial charge in [0.2, 0.25) is 0 Å². The predicted octanol–water partition coefficient (Wildman–Crippen LogP) is 3.10. The lowest BCUT2D eigenvalue weighted by Gasteiger charge is -2.29. The van der Waals surface area contributed by atoms with Crippen molar-refractivity contribution in [3.05, 3.63) is 35.9 Å². The maximum absolute atomic E-state index is 12.2. The molecule has 1 saturated heterocycles. The van der Waals surface area contributed by atoms with E-state index in [-0.39, 0.29) is 4.08 Å². The normalized spacial score (nSPS) is 29.3. The van der Waals surface area contributed by atoms with Gasteiger partial charge in [-0.1, -0.05) is 37.3 Å². The standard InChI is InChI=1S/C14H20O2S2/c1-2-17-14(9-6-10-18(14)16)11-13(15)12-7-4-3-5-8-12/h3-5,7-8,13,15H,2,6,9-11H2,1H3/t13-,14+,18-/m1/s1. The summed E-state index contributed by atoms with van der Waals surface area (Å²) >= 11 is 1.76. The molecule has 1 heterocycles. The Balaban J connectivity index is 2.12. The highest BCUT2D eigenvalue weighted by Crippen LogP contribution is 2.45. The van der Waals surface area contributed by atoms with Crippen molar-refractivity contribution >= 4 is 22.6 Å². The quantitative estimate of drug-likeness (QED) is 0.903. The van der Waals surface area contributed by atoms with Crippen LogP contribution in [-0.2, 0) is 10.8 Å². The zero-order chi connectivity index (χ0) is 13.0. The average Bonchev–Trinajstić information content (AvgIpc) is 2.72. The Bertz CT molecular complexity index is 408. The molecule has 0 aliphatic carbocycles. The summed E-state index contributed by atoms with van der Waals surface area (Å²) in [5, 5.41) is 10.3. The highest BCUT2D eigenvalue weighted by molar-refractivity contribution is 8.12. The first-order valence-corrected chi connectivity index (χ1v) is 8.74. The summed E-state index contributed by atoms with van der Waals surface area (Å²) in [6, 6.07) is 9.69. The summed E-state index contributed by atoms with van der Waals surface area (Å²) in [5.41, 5.74) is 0.928. The fraction of sp³-hybridized carbons (Fsp3) is 0.571. The van der Waals surface area contributed by atoms with Crippen LogP contribution in [0.15, 0.2) is 30.3 Å². The molecule has 1 aromatic carbocycles. The Kier molecular flexibility index (Phi) is 4.87. The minimum absolute atomic E-state index is 0.232. The molecule has 4 heteroatoms. The van der Waals surface area contributed by atoms with Crippen LogP contribution in [0.4, 0.5) is 0 Å². The van der Waals surface area contributed by atoms with E-state index in [1.165, 1.54) is 0 Å². The largest absolute Gasteiger partial charge is 0.388 e. The summed E-state index contributed by atoms with van der Waals surface area (Å²) in [6.07, 6.45) is 2.07. The van der Waals surface area contributed by atoms with Crippen molar-refractivity contribution in [3.8, 4) is 0 Å². The van der Waals surface area contributed by atoms with Crippen molar-refractivity contribution in [3.63, 3.8) is 0 Å². The average molecular weight is 284 g/mol. The predicted molar refractivity (Wildman–Crippen MR) is 79.1 cm³/mol. The third-order valence-electron chi connectivity index (χ3n) is 3.40. The van der Waals surface area contributed by atoms with Crippen LogP contribution in [0.3, 0.4) is 0 Å². The second-order valence-electron chi connectivity index (χ2n) is 4.63. The number of aliphatic hydroxyl groups excluding tert-OH is 1. The van der Waals surface area contributed by atoms with Crippen LogP contribution < -0.4 is 0 Å². The highest BCUT2D eigenvalue weighted by atomic mass is 32.2. The van der Waals surface area contributed by atoms with Gasteiger partial charge in [0.25, 0.3) is 0 Å². The smallest absolute Gasteiger partial charge is 0.0936 e. The first-order chi connectivity index (χ1) is 8.68. The highest BCUT2D eigenvalue weighted by Gasteiger charge is 2.42. The van der Waals surface area contributed by atoms with Crippen LogP contribution in [-0.4, -0.2) is 24.9 Å². The lowest BCUT2D eigenvalue weighted by molar-refractivity contribution is 0.162. The van der Waals surface area contributed by atoms with E-state index in [0.29, 0.717) is 6.42 Å². The van der Waals surface area contributed by atoms with E-state index >= 15 is 0 Å². The molecule has 1 N–H and O–H groups in total. The maximum Gasteiger partial charge on any atom is 0.0936 e. The topological polar surface area (TPSA) is 37.3 Å². The number of benzene rings is 1. The molecule has 1 aliphatic heterocycles. The van der Waals surface area contributed by atoms with E-state index in [1.54, 1.807) is 11.8 Å². The van der Waals surface area contributed by atoms with E-state index in [9.17, 15) is 9.32 Å². The molecule has 1 fully saturated rings. The SMILES string of the molecule is CCS[C@@]1(C[C@@H](O)c2ccccc2)CCC[S@]1=O. The van der Waals surface area contributed by atoms with E-state index in [4.69, 9.17) is 0 Å². The van der Waals surface area contributed by atoms with E-state index in [1.807, 2.05) is 30.3 Å². The Morgan fingerprint density at radius 2 is 2.17 bits per heavy atom. The van der Waals surface area contributed by atoms with Crippen molar-refractivity contribution in [1.82, 2.24) is 0 Å². The monoisotopic (exact) mass is 284 g/mol. The van der Waals surface area contributed by atoms with Gasteiger partial charge in [-0.3, -0.25) is 4.21 Å². The molecule has 3 atom stereocenters. The second kappa shape index (κ2) is 6.22. The lowest BCUT2D eigenvalue weighted by Crippen LogP contribution is -2.29. The molecular weight excluding hydrogens is 264 g/mol. The van der Waals surface area contributed by atoms with Gasteiger partial charge in [0.1, 0.15) is 0 Å². The molecular formula is C14H20O2S2. The van der Waals surface area contributed by atoms with Crippen molar-refractivity contribution in [1.29, 1.82) is 0 Å². The minimum Gasteiger partial charge on any atom is -0.388 e. The number of hydrogen-bond donors (Lipinski definition) is 1. The zero-order valence-electron chi connectivity index (χ0n) is 10.7. The molecule has 2 rings (SSSR count). The fourth-order valence-corrected chi connectivity index (χ4v) is 6.23. The number of aliphatic hydroxyl groups is 1. The summed E-state index contributed by atoms with van der Waals surface area (Å²) in [6.45, 7) is 2.09. The first-order valence-electron chi connectivity index (χ1n) is 6.43. The van der Waals surface area contributed by atoms with Crippen molar-refractivity contribution in [2.24, 2.45) is 0 Å². The Morgan fingerprint density at radius 1 is 1.44 bits per heavy atom.